The van der Waals surface area contributed by atoms with Crippen LogP contribution in [0.2, 0.25) is 0 Å². The number of benzene rings is 1. The van der Waals surface area contributed by atoms with Crippen molar-refractivity contribution in [2.45, 2.75) is 13.8 Å². The van der Waals surface area contributed by atoms with E-state index in [0.29, 0.717) is 6.61 Å². The summed E-state index contributed by atoms with van der Waals surface area (Å²) in [4.78, 5) is 0. The Bertz CT molecular complexity index is 331. The highest BCUT2D eigenvalue weighted by molar-refractivity contribution is 5.63. The lowest BCUT2D eigenvalue weighted by Crippen LogP contribution is -2.04. The highest BCUT2D eigenvalue weighted by atomic mass is 16.5. The van der Waals surface area contributed by atoms with Crippen LogP contribution in [0.1, 0.15) is 25.0 Å². The Kier molecular flexibility index (Phi) is 4.37. The van der Waals surface area contributed by atoms with Crippen LogP contribution in [0.3, 0.4) is 0 Å². The second-order valence-corrected chi connectivity index (χ2v) is 3.29. The van der Waals surface area contributed by atoms with Crippen LogP contribution in [0.15, 0.2) is 24.8 Å². The molecule has 0 aromatic heterocycles. The van der Waals surface area contributed by atoms with Gasteiger partial charge in [-0.15, -0.1) is 0 Å². The molecule has 2 nitrogen and oxygen atoms in total. The molecule has 1 rings (SSSR count). The molecule has 0 bridgehead atoms. The van der Waals surface area contributed by atoms with Gasteiger partial charge in [0, 0.05) is 11.5 Å². The van der Waals surface area contributed by atoms with Crippen LogP contribution in [-0.2, 0) is 0 Å². The van der Waals surface area contributed by atoms with E-state index in [9.17, 15) is 0 Å². The van der Waals surface area contributed by atoms with Gasteiger partial charge in [0.1, 0.15) is 5.75 Å². The third-order valence-corrected chi connectivity index (χ3v) is 2.27. The molecule has 0 aliphatic carbocycles. The molecule has 0 unspecified atom stereocenters. The minimum absolute atomic E-state index is 0.0520. The minimum atomic E-state index is 0.0520. The normalized spacial score (nSPS) is 10.4. The lowest BCUT2D eigenvalue weighted by Gasteiger charge is -2.15. The van der Waals surface area contributed by atoms with Crippen molar-refractivity contribution in [1.82, 2.24) is 0 Å². The molecule has 0 atom stereocenters. The third-order valence-electron chi connectivity index (χ3n) is 2.27. The van der Waals surface area contributed by atoms with Crippen LogP contribution in [0.5, 0.6) is 5.75 Å². The molecule has 81 valence electrons. The smallest absolute Gasteiger partial charge is 0.126 e. The summed E-state index contributed by atoms with van der Waals surface area (Å²) in [5.74, 6) is 1.74. The minimum Gasteiger partial charge on any atom is -0.493 e. The SMILES string of the molecule is C=Cc1c(OCC)cccc1[C](C)CO. The van der Waals surface area contributed by atoms with Crippen LogP contribution >= 0.6 is 0 Å². The Morgan fingerprint density at radius 2 is 2.27 bits per heavy atom. The monoisotopic (exact) mass is 205 g/mol. The van der Waals surface area contributed by atoms with Crippen molar-refractivity contribution in [1.29, 1.82) is 0 Å². The standard InChI is InChI=1S/C13H17O2/c1-4-11-12(10(3)9-14)7-6-8-13(11)15-5-2/h4,6-8,14H,1,5,9H2,2-3H3. The average Bonchev–Trinajstić information content (AvgIpc) is 2.28. The fourth-order valence-corrected chi connectivity index (χ4v) is 1.49. The summed E-state index contributed by atoms with van der Waals surface area (Å²) < 4.78 is 5.50. The Labute approximate surface area is 91.2 Å². The molecule has 0 spiro atoms. The first-order valence-electron chi connectivity index (χ1n) is 5.06. The number of ether oxygens (including phenoxy) is 1. The molecule has 1 N–H and O–H groups in total. The molecule has 15 heavy (non-hydrogen) atoms. The largest absolute Gasteiger partial charge is 0.493 e. The van der Waals surface area contributed by atoms with E-state index in [1.165, 1.54) is 0 Å². The van der Waals surface area contributed by atoms with Crippen LogP contribution in [0.4, 0.5) is 0 Å². The summed E-state index contributed by atoms with van der Waals surface area (Å²) in [5.41, 5.74) is 1.95. The van der Waals surface area contributed by atoms with Crippen LogP contribution < -0.4 is 4.74 Å². The topological polar surface area (TPSA) is 29.5 Å². The van der Waals surface area contributed by atoms with Gasteiger partial charge in [0.25, 0.3) is 0 Å². The first-order chi connectivity index (χ1) is 7.24. The Morgan fingerprint density at radius 1 is 1.53 bits per heavy atom. The van der Waals surface area contributed by atoms with Gasteiger partial charge in [-0.25, -0.2) is 0 Å². The van der Waals surface area contributed by atoms with E-state index in [1.54, 1.807) is 6.08 Å². The zero-order chi connectivity index (χ0) is 11.3. The average molecular weight is 205 g/mol. The van der Waals surface area contributed by atoms with E-state index in [0.717, 1.165) is 22.8 Å². The molecule has 0 aliphatic heterocycles. The highest BCUT2D eigenvalue weighted by Crippen LogP contribution is 2.28. The lowest BCUT2D eigenvalue weighted by molar-refractivity contribution is 0.314. The van der Waals surface area contributed by atoms with Gasteiger partial charge in [0.15, 0.2) is 0 Å². The number of hydrogen-bond acceptors (Lipinski definition) is 2. The second kappa shape index (κ2) is 5.56. The molecular formula is C13H17O2. The van der Waals surface area contributed by atoms with Crippen molar-refractivity contribution in [3.05, 3.63) is 41.8 Å². The van der Waals surface area contributed by atoms with E-state index < -0.39 is 0 Å². The van der Waals surface area contributed by atoms with Crippen molar-refractivity contribution in [3.63, 3.8) is 0 Å². The van der Waals surface area contributed by atoms with E-state index in [1.807, 2.05) is 32.0 Å². The summed E-state index contributed by atoms with van der Waals surface area (Å²) in [6.45, 7) is 8.30. The predicted octanol–water partition coefficient (Wildman–Crippen LogP) is 2.66. The van der Waals surface area contributed by atoms with E-state index >= 15 is 0 Å². The Balaban J connectivity index is 3.15. The van der Waals surface area contributed by atoms with Crippen LogP contribution in [0.25, 0.3) is 6.08 Å². The third kappa shape index (κ3) is 2.60. The molecular weight excluding hydrogens is 188 g/mol. The summed E-state index contributed by atoms with van der Waals surface area (Å²) >= 11 is 0. The highest BCUT2D eigenvalue weighted by Gasteiger charge is 2.12. The Morgan fingerprint density at radius 3 is 2.80 bits per heavy atom. The van der Waals surface area contributed by atoms with Crippen molar-refractivity contribution < 1.29 is 9.84 Å². The van der Waals surface area contributed by atoms with Gasteiger partial charge in [0.05, 0.1) is 13.2 Å². The van der Waals surface area contributed by atoms with Crippen molar-refractivity contribution in [2.24, 2.45) is 0 Å². The molecule has 0 saturated heterocycles. The molecule has 2 heteroatoms. The fraction of sp³-hybridized carbons (Fsp3) is 0.308. The zero-order valence-electron chi connectivity index (χ0n) is 9.29. The first-order valence-corrected chi connectivity index (χ1v) is 5.06. The van der Waals surface area contributed by atoms with E-state index in [-0.39, 0.29) is 6.61 Å². The van der Waals surface area contributed by atoms with Gasteiger partial charge < -0.3 is 9.84 Å². The molecule has 0 aliphatic rings. The number of rotatable bonds is 5. The van der Waals surface area contributed by atoms with Gasteiger partial charge in [-0.2, -0.15) is 0 Å². The van der Waals surface area contributed by atoms with Gasteiger partial charge in [0.2, 0.25) is 0 Å². The molecule has 0 heterocycles. The second-order valence-electron chi connectivity index (χ2n) is 3.29. The number of aliphatic hydroxyl groups is 1. The molecule has 1 radical (unpaired) electrons. The molecule has 0 fully saturated rings. The predicted molar refractivity (Wildman–Crippen MR) is 62.8 cm³/mol. The van der Waals surface area contributed by atoms with Crippen molar-refractivity contribution >= 4 is 6.08 Å². The maximum absolute atomic E-state index is 9.12. The summed E-state index contributed by atoms with van der Waals surface area (Å²) in [6, 6.07) is 5.80. The summed E-state index contributed by atoms with van der Waals surface area (Å²) in [7, 11) is 0. The molecule has 0 amide bonds. The molecule has 0 saturated carbocycles. The number of aliphatic hydroxyl groups excluding tert-OH is 1. The van der Waals surface area contributed by atoms with Crippen LogP contribution in [-0.4, -0.2) is 18.3 Å². The molecule has 1 aromatic carbocycles. The summed E-state index contributed by atoms with van der Waals surface area (Å²) in [6.07, 6.45) is 1.76. The zero-order valence-corrected chi connectivity index (χ0v) is 9.29. The van der Waals surface area contributed by atoms with Gasteiger partial charge in [-0.05, 0) is 18.6 Å². The maximum atomic E-state index is 9.12. The fourth-order valence-electron chi connectivity index (χ4n) is 1.49. The molecule has 1 aromatic rings. The van der Waals surface area contributed by atoms with Crippen molar-refractivity contribution in [2.75, 3.05) is 13.2 Å². The maximum Gasteiger partial charge on any atom is 0.126 e. The van der Waals surface area contributed by atoms with Crippen LogP contribution in [0, 0.1) is 5.92 Å². The summed E-state index contributed by atoms with van der Waals surface area (Å²) in [5, 5.41) is 9.12. The van der Waals surface area contributed by atoms with E-state index in [2.05, 4.69) is 6.58 Å². The van der Waals surface area contributed by atoms with E-state index in [4.69, 9.17) is 9.84 Å². The quantitative estimate of drug-likeness (QED) is 0.800. The van der Waals surface area contributed by atoms with Gasteiger partial charge in [-0.1, -0.05) is 31.7 Å². The van der Waals surface area contributed by atoms with Crippen molar-refractivity contribution in [3.8, 4) is 5.75 Å². The van der Waals surface area contributed by atoms with Gasteiger partial charge in [-0.3, -0.25) is 0 Å². The number of hydrogen-bond donors (Lipinski definition) is 1. The first kappa shape index (κ1) is 11.8. The Hall–Kier alpha value is -1.28. The van der Waals surface area contributed by atoms with Gasteiger partial charge >= 0.3 is 0 Å². The lowest BCUT2D eigenvalue weighted by atomic mass is 9.95.